The van der Waals surface area contributed by atoms with Gasteiger partial charge in [-0.1, -0.05) is 17.4 Å². The fourth-order valence-corrected chi connectivity index (χ4v) is 5.67. The van der Waals surface area contributed by atoms with Gasteiger partial charge in [0, 0.05) is 37.3 Å². The minimum atomic E-state index is -3.68. The van der Waals surface area contributed by atoms with E-state index >= 15 is 0 Å². The Morgan fingerprint density at radius 1 is 1.06 bits per heavy atom. The number of hydrogen-bond acceptors (Lipinski definition) is 8. The molecule has 1 amide bonds. The van der Waals surface area contributed by atoms with Crippen molar-refractivity contribution in [2.24, 2.45) is 0 Å². The number of ether oxygens (including phenoxy) is 1. The number of amides is 1. The molecule has 0 radical (unpaired) electrons. The molecule has 1 aliphatic heterocycles. The summed E-state index contributed by atoms with van der Waals surface area (Å²) in [6.45, 7) is 3.96. The van der Waals surface area contributed by atoms with Crippen LogP contribution in [0, 0.1) is 6.92 Å². The number of rotatable bonds is 6. The first-order valence-corrected chi connectivity index (χ1v) is 12.6. The molecule has 0 saturated carbocycles. The maximum Gasteiger partial charge on any atom is 0.257 e. The molecule has 2 aromatic carbocycles. The average Bonchev–Trinajstić information content (AvgIpc) is 3.28. The van der Waals surface area contributed by atoms with E-state index in [1.54, 1.807) is 26.2 Å². The zero-order valence-electron chi connectivity index (χ0n) is 18.6. The molecule has 1 N–H and O–H groups in total. The molecule has 1 aliphatic rings. The molecule has 0 atom stereocenters. The molecule has 33 heavy (non-hydrogen) atoms. The van der Waals surface area contributed by atoms with Crippen molar-refractivity contribution in [3.05, 3.63) is 53.6 Å². The molecule has 4 rings (SSSR count). The van der Waals surface area contributed by atoms with Crippen molar-refractivity contribution in [1.29, 1.82) is 0 Å². The zero-order valence-corrected chi connectivity index (χ0v) is 20.2. The highest BCUT2D eigenvalue weighted by molar-refractivity contribution is 7.89. The second-order valence-corrected chi connectivity index (χ2v) is 10.7. The molecule has 1 fully saturated rings. The number of nitrogens with one attached hydrogen (secondary N) is 1. The number of benzene rings is 2. The lowest BCUT2D eigenvalue weighted by molar-refractivity contribution is 0.102. The summed E-state index contributed by atoms with van der Waals surface area (Å²) in [6, 6.07) is 12.0. The fraction of sp³-hybridized carbons (Fsp3) is 0.318. The third-order valence-electron chi connectivity index (χ3n) is 5.54. The van der Waals surface area contributed by atoms with E-state index in [4.69, 9.17) is 4.74 Å². The molecular formula is C22H25N5O4S2. The minimum Gasteiger partial charge on any atom is -0.497 e. The normalized spacial score (nSPS) is 15.4. The van der Waals surface area contributed by atoms with Crippen LogP contribution in [0.4, 0.5) is 5.13 Å². The van der Waals surface area contributed by atoms with Crippen LogP contribution in [0.5, 0.6) is 5.75 Å². The number of piperazine rings is 1. The smallest absolute Gasteiger partial charge is 0.257 e. The molecule has 1 saturated heterocycles. The van der Waals surface area contributed by atoms with E-state index in [1.807, 2.05) is 31.3 Å². The largest absolute Gasteiger partial charge is 0.497 e. The maximum atomic E-state index is 13.1. The van der Waals surface area contributed by atoms with Crippen LogP contribution in [0.2, 0.25) is 0 Å². The van der Waals surface area contributed by atoms with Gasteiger partial charge in [-0.15, -0.1) is 10.2 Å². The Bertz CT molecular complexity index is 1250. The highest BCUT2D eigenvalue weighted by atomic mass is 32.2. The van der Waals surface area contributed by atoms with Gasteiger partial charge in [0.15, 0.2) is 0 Å². The lowest BCUT2D eigenvalue weighted by Gasteiger charge is -2.31. The monoisotopic (exact) mass is 487 g/mol. The summed E-state index contributed by atoms with van der Waals surface area (Å²) in [7, 11) is -0.115. The number of carbonyl (C=O) groups excluding carboxylic acids is 1. The summed E-state index contributed by atoms with van der Waals surface area (Å²) in [4.78, 5) is 15.2. The highest BCUT2D eigenvalue weighted by Crippen LogP contribution is 2.28. The number of aryl methyl sites for hydroxylation is 1. The van der Waals surface area contributed by atoms with Crippen LogP contribution in [-0.2, 0) is 10.0 Å². The summed E-state index contributed by atoms with van der Waals surface area (Å²) in [5.41, 5.74) is 1.81. The van der Waals surface area contributed by atoms with Gasteiger partial charge in [-0.05, 0) is 55.9 Å². The zero-order chi connectivity index (χ0) is 23.6. The first kappa shape index (κ1) is 23.3. The number of aromatic nitrogens is 2. The van der Waals surface area contributed by atoms with Crippen LogP contribution in [0.15, 0.2) is 47.4 Å². The van der Waals surface area contributed by atoms with Crippen molar-refractivity contribution in [2.45, 2.75) is 11.8 Å². The second kappa shape index (κ2) is 9.56. The lowest BCUT2D eigenvalue weighted by atomic mass is 10.1. The van der Waals surface area contributed by atoms with E-state index in [0.717, 1.165) is 11.3 Å². The fourth-order valence-electron chi connectivity index (χ4n) is 3.47. The van der Waals surface area contributed by atoms with Crippen molar-refractivity contribution >= 4 is 32.4 Å². The third kappa shape index (κ3) is 5.06. The molecule has 0 unspecified atom stereocenters. The van der Waals surface area contributed by atoms with Gasteiger partial charge in [-0.3, -0.25) is 10.1 Å². The van der Waals surface area contributed by atoms with Crippen LogP contribution >= 0.6 is 11.3 Å². The number of carbonyl (C=O) groups is 1. The SMILES string of the molecule is COc1ccc(-c2nnc(NC(=O)c3cc(S(=O)(=O)N4CCN(C)CC4)ccc3C)s2)cc1. The van der Waals surface area contributed by atoms with Gasteiger partial charge >= 0.3 is 0 Å². The molecule has 2 heterocycles. The van der Waals surface area contributed by atoms with Gasteiger partial charge < -0.3 is 9.64 Å². The highest BCUT2D eigenvalue weighted by Gasteiger charge is 2.28. The van der Waals surface area contributed by atoms with Crippen LogP contribution in [-0.4, -0.2) is 74.1 Å². The van der Waals surface area contributed by atoms with Gasteiger partial charge in [0.1, 0.15) is 10.8 Å². The van der Waals surface area contributed by atoms with Gasteiger partial charge in [-0.2, -0.15) is 4.31 Å². The number of hydrogen-bond donors (Lipinski definition) is 1. The number of likely N-dealkylation sites (N-methyl/N-ethyl adjacent to an activating group) is 1. The molecule has 0 bridgehead atoms. The molecule has 3 aromatic rings. The predicted octanol–water partition coefficient (Wildman–Crippen LogP) is 2.71. The molecule has 0 aliphatic carbocycles. The van der Waals surface area contributed by atoms with E-state index in [-0.39, 0.29) is 10.5 Å². The topological polar surface area (TPSA) is 105 Å². The molecule has 11 heteroatoms. The quantitative estimate of drug-likeness (QED) is 0.570. The summed E-state index contributed by atoms with van der Waals surface area (Å²) in [5, 5.41) is 11.9. The Labute approximate surface area is 197 Å². The molecule has 9 nitrogen and oxygen atoms in total. The standard InChI is InChI=1S/C22H25N5O4S2/c1-15-4-9-18(33(29,30)27-12-10-26(2)11-13-27)14-19(15)20(28)23-22-25-24-21(32-22)16-5-7-17(31-3)8-6-16/h4-9,14H,10-13H2,1-3H3,(H,23,25,28). The predicted molar refractivity (Wildman–Crippen MR) is 127 cm³/mol. The summed E-state index contributed by atoms with van der Waals surface area (Å²) in [6.07, 6.45) is 0. The Morgan fingerprint density at radius 2 is 1.76 bits per heavy atom. The molecule has 0 spiro atoms. The number of sulfonamides is 1. The van der Waals surface area contributed by atoms with E-state index in [9.17, 15) is 13.2 Å². The van der Waals surface area contributed by atoms with Gasteiger partial charge in [0.05, 0.1) is 12.0 Å². The van der Waals surface area contributed by atoms with E-state index in [0.29, 0.717) is 41.9 Å². The Morgan fingerprint density at radius 3 is 2.42 bits per heavy atom. The minimum absolute atomic E-state index is 0.110. The third-order valence-corrected chi connectivity index (χ3v) is 8.32. The van der Waals surface area contributed by atoms with Gasteiger partial charge in [0.25, 0.3) is 5.91 Å². The summed E-state index contributed by atoms with van der Waals surface area (Å²) >= 11 is 1.23. The first-order valence-electron chi connectivity index (χ1n) is 10.4. The van der Waals surface area contributed by atoms with Crippen molar-refractivity contribution in [3.8, 4) is 16.3 Å². The molecule has 1 aromatic heterocycles. The van der Waals surface area contributed by atoms with Crippen LogP contribution < -0.4 is 10.1 Å². The van der Waals surface area contributed by atoms with Crippen LogP contribution in [0.25, 0.3) is 10.6 Å². The second-order valence-electron chi connectivity index (χ2n) is 7.78. The Kier molecular flexibility index (Phi) is 6.75. The van der Waals surface area contributed by atoms with E-state index in [2.05, 4.69) is 20.4 Å². The van der Waals surface area contributed by atoms with E-state index < -0.39 is 15.9 Å². The lowest BCUT2D eigenvalue weighted by Crippen LogP contribution is -2.47. The number of anilines is 1. The van der Waals surface area contributed by atoms with Gasteiger partial charge in [-0.25, -0.2) is 8.42 Å². The Hall–Kier alpha value is -2.86. The van der Waals surface area contributed by atoms with Crippen LogP contribution in [0.1, 0.15) is 15.9 Å². The molecule has 174 valence electrons. The van der Waals surface area contributed by atoms with Gasteiger partial charge in [0.2, 0.25) is 15.2 Å². The van der Waals surface area contributed by atoms with Crippen molar-refractivity contribution < 1.29 is 17.9 Å². The van der Waals surface area contributed by atoms with Crippen LogP contribution in [0.3, 0.4) is 0 Å². The Balaban J connectivity index is 1.52. The van der Waals surface area contributed by atoms with Crippen molar-refractivity contribution in [2.75, 3.05) is 45.7 Å². The first-order chi connectivity index (χ1) is 15.8. The van der Waals surface area contributed by atoms with E-state index in [1.165, 1.54) is 21.7 Å². The average molecular weight is 488 g/mol. The van der Waals surface area contributed by atoms with Crippen molar-refractivity contribution in [3.63, 3.8) is 0 Å². The number of nitrogens with zero attached hydrogens (tertiary/aromatic N) is 4. The molecular weight excluding hydrogens is 462 g/mol. The summed E-state index contributed by atoms with van der Waals surface area (Å²) in [5.74, 6) is 0.305. The van der Waals surface area contributed by atoms with Crippen molar-refractivity contribution in [1.82, 2.24) is 19.4 Å². The number of methoxy groups -OCH3 is 1. The summed E-state index contributed by atoms with van der Waals surface area (Å²) < 4.78 is 32.8. The maximum absolute atomic E-state index is 13.1.